The Hall–Kier alpha value is -3.62. The van der Waals surface area contributed by atoms with E-state index in [1.54, 1.807) is 48.5 Å². The number of H-pyrrole nitrogens is 1. The first kappa shape index (κ1) is 21.6. The van der Waals surface area contributed by atoms with Crippen molar-refractivity contribution >= 4 is 51.7 Å². The highest BCUT2D eigenvalue weighted by atomic mass is 35.5. The van der Waals surface area contributed by atoms with Crippen molar-refractivity contribution in [1.29, 1.82) is 0 Å². The van der Waals surface area contributed by atoms with E-state index in [9.17, 15) is 14.4 Å². The average Bonchev–Trinajstić information content (AvgIpc) is 2.81. The summed E-state index contributed by atoms with van der Waals surface area (Å²) >= 11 is 7.39. The van der Waals surface area contributed by atoms with E-state index in [4.69, 9.17) is 16.3 Å². The minimum absolute atomic E-state index is 0.0632. The molecule has 1 amide bonds. The minimum atomic E-state index is -0.809. The number of carbonyl (C=O) groups excluding carboxylic acids is 2. The van der Waals surface area contributed by atoms with Gasteiger partial charge in [-0.05, 0) is 42.5 Å². The molecule has 1 aromatic heterocycles. The van der Waals surface area contributed by atoms with Gasteiger partial charge < -0.3 is 10.1 Å². The van der Waals surface area contributed by atoms with Gasteiger partial charge in [-0.3, -0.25) is 9.59 Å². The summed E-state index contributed by atoms with van der Waals surface area (Å²) in [5, 5.41) is 10.1. The van der Waals surface area contributed by atoms with Gasteiger partial charge in [0.2, 0.25) is 0 Å². The monoisotopic (exact) mass is 465 g/mol. The number of hydrogen-bond acceptors (Lipinski definition) is 6. The first-order chi connectivity index (χ1) is 15.5. The molecule has 0 spiro atoms. The Morgan fingerprint density at radius 2 is 1.66 bits per heavy atom. The van der Waals surface area contributed by atoms with E-state index in [1.165, 1.54) is 11.8 Å². The van der Waals surface area contributed by atoms with Crippen molar-refractivity contribution in [1.82, 2.24) is 10.2 Å². The van der Waals surface area contributed by atoms with Gasteiger partial charge in [-0.25, -0.2) is 9.89 Å². The molecule has 160 valence electrons. The molecule has 32 heavy (non-hydrogen) atoms. The van der Waals surface area contributed by atoms with E-state index in [1.807, 2.05) is 24.3 Å². The number of ether oxygens (including phenoxy) is 1. The lowest BCUT2D eigenvalue weighted by Crippen LogP contribution is -2.23. The number of aromatic amines is 1. The highest BCUT2D eigenvalue weighted by molar-refractivity contribution is 7.99. The van der Waals surface area contributed by atoms with Gasteiger partial charge in [0.25, 0.3) is 11.5 Å². The van der Waals surface area contributed by atoms with Crippen molar-refractivity contribution < 1.29 is 14.3 Å². The summed E-state index contributed by atoms with van der Waals surface area (Å²) in [6.07, 6.45) is 0. The lowest BCUT2D eigenvalue weighted by Gasteiger charge is -2.11. The number of hydrogen-bond donors (Lipinski definition) is 2. The van der Waals surface area contributed by atoms with Crippen molar-refractivity contribution in [3.8, 4) is 0 Å². The summed E-state index contributed by atoms with van der Waals surface area (Å²) in [5.74, 6) is -1.31. The molecule has 0 saturated carbocycles. The number of rotatable bonds is 6. The molecule has 4 rings (SSSR count). The second-order valence-corrected chi connectivity index (χ2v) is 8.18. The van der Waals surface area contributed by atoms with Crippen molar-refractivity contribution in [3.63, 3.8) is 0 Å². The van der Waals surface area contributed by atoms with E-state index in [0.29, 0.717) is 21.5 Å². The Bertz CT molecular complexity index is 1360. The summed E-state index contributed by atoms with van der Waals surface area (Å²) in [5.41, 5.74) is 0.109. The van der Waals surface area contributed by atoms with Crippen LogP contribution in [0.2, 0.25) is 5.02 Å². The quantitative estimate of drug-likeness (QED) is 0.406. The molecular formula is C23H16ClN3O4S. The lowest BCUT2D eigenvalue weighted by molar-refractivity contribution is -0.119. The summed E-state index contributed by atoms with van der Waals surface area (Å²) in [6, 6.07) is 21.2. The van der Waals surface area contributed by atoms with Gasteiger partial charge in [0.05, 0.1) is 11.1 Å². The van der Waals surface area contributed by atoms with Crippen LogP contribution in [0.1, 0.15) is 10.5 Å². The topological polar surface area (TPSA) is 101 Å². The van der Waals surface area contributed by atoms with Crippen LogP contribution in [0.15, 0.2) is 87.4 Å². The molecule has 2 N–H and O–H groups in total. The zero-order valence-electron chi connectivity index (χ0n) is 16.5. The van der Waals surface area contributed by atoms with Crippen LogP contribution in [0.4, 0.5) is 5.69 Å². The number of anilines is 1. The van der Waals surface area contributed by atoms with Crippen molar-refractivity contribution in [2.24, 2.45) is 0 Å². The third-order valence-corrected chi connectivity index (χ3v) is 5.76. The highest BCUT2D eigenvalue weighted by Gasteiger charge is 2.17. The molecule has 0 fully saturated rings. The number of carbonyl (C=O) groups is 2. The zero-order valence-corrected chi connectivity index (χ0v) is 18.1. The Labute approximate surface area is 191 Å². The number of fused-ring (bicyclic) bond motifs is 1. The molecule has 0 unspecified atom stereocenters. The van der Waals surface area contributed by atoms with Gasteiger partial charge in [-0.15, -0.1) is 0 Å². The molecule has 0 atom stereocenters. The van der Waals surface area contributed by atoms with Gasteiger partial charge >= 0.3 is 5.97 Å². The first-order valence-electron chi connectivity index (χ1n) is 9.48. The maximum atomic E-state index is 12.5. The molecule has 0 bridgehead atoms. The number of para-hydroxylation sites is 1. The summed E-state index contributed by atoms with van der Waals surface area (Å²) in [7, 11) is 0. The average molecular weight is 466 g/mol. The predicted molar refractivity (Wildman–Crippen MR) is 123 cm³/mol. The summed E-state index contributed by atoms with van der Waals surface area (Å²) < 4.78 is 5.12. The van der Waals surface area contributed by atoms with Crippen molar-refractivity contribution in [2.45, 2.75) is 9.79 Å². The number of aromatic nitrogens is 2. The standard InChI is InChI=1S/C23H16ClN3O4S/c24-14-9-11-15(12-10-14)32-19-8-4-3-7-18(19)25-20(28)13-31-23(30)21-16-5-1-2-6-17(16)22(29)27-26-21/h1-12H,13H2,(H,25,28)(H,27,29). The number of esters is 1. The predicted octanol–water partition coefficient (Wildman–Crippen LogP) is 4.52. The molecule has 0 aliphatic heterocycles. The molecule has 0 aliphatic carbocycles. The summed E-state index contributed by atoms with van der Waals surface area (Å²) in [4.78, 5) is 38.5. The van der Waals surface area contributed by atoms with Crippen molar-refractivity contribution in [3.05, 3.63) is 93.9 Å². The molecule has 0 saturated heterocycles. The fourth-order valence-corrected chi connectivity index (χ4v) is 3.97. The van der Waals surface area contributed by atoms with Gasteiger partial charge in [0.1, 0.15) is 0 Å². The van der Waals surface area contributed by atoms with Crippen LogP contribution in [0, 0.1) is 0 Å². The van der Waals surface area contributed by atoms with Gasteiger partial charge in [-0.2, -0.15) is 5.10 Å². The van der Waals surface area contributed by atoms with Crippen molar-refractivity contribution in [2.75, 3.05) is 11.9 Å². The van der Waals surface area contributed by atoms with Crippen LogP contribution >= 0.6 is 23.4 Å². The van der Waals surface area contributed by atoms with E-state index in [0.717, 1.165) is 9.79 Å². The Balaban J connectivity index is 1.43. The van der Waals surface area contributed by atoms with Crippen LogP contribution in [0.3, 0.4) is 0 Å². The molecule has 3 aromatic carbocycles. The molecular weight excluding hydrogens is 450 g/mol. The second-order valence-electron chi connectivity index (χ2n) is 6.62. The largest absolute Gasteiger partial charge is 0.451 e. The van der Waals surface area contributed by atoms with E-state index >= 15 is 0 Å². The Morgan fingerprint density at radius 3 is 2.44 bits per heavy atom. The molecule has 9 heteroatoms. The fraction of sp³-hybridized carbons (Fsp3) is 0.0435. The molecule has 1 heterocycles. The van der Waals surface area contributed by atoms with Gasteiger partial charge in [-0.1, -0.05) is 53.7 Å². The Kier molecular flexibility index (Phi) is 6.53. The maximum absolute atomic E-state index is 12.5. The minimum Gasteiger partial charge on any atom is -0.451 e. The van der Waals surface area contributed by atoms with Crippen LogP contribution in [-0.2, 0) is 9.53 Å². The van der Waals surface area contributed by atoms with Crippen LogP contribution in [0.25, 0.3) is 10.8 Å². The lowest BCUT2D eigenvalue weighted by atomic mass is 10.1. The second kappa shape index (κ2) is 9.67. The van der Waals surface area contributed by atoms with Gasteiger partial charge in [0, 0.05) is 20.2 Å². The molecule has 4 aromatic rings. The third-order valence-electron chi connectivity index (χ3n) is 4.43. The SMILES string of the molecule is O=C(COC(=O)c1n[nH]c(=O)c2ccccc12)Nc1ccccc1Sc1ccc(Cl)cc1. The van der Waals surface area contributed by atoms with E-state index in [2.05, 4.69) is 15.5 Å². The number of nitrogens with one attached hydrogen (secondary N) is 2. The maximum Gasteiger partial charge on any atom is 0.359 e. The van der Waals surface area contributed by atoms with Crippen LogP contribution in [-0.4, -0.2) is 28.7 Å². The van der Waals surface area contributed by atoms with Crippen LogP contribution < -0.4 is 10.9 Å². The Morgan fingerprint density at radius 1 is 0.969 bits per heavy atom. The summed E-state index contributed by atoms with van der Waals surface area (Å²) in [6.45, 7) is -0.506. The van der Waals surface area contributed by atoms with E-state index < -0.39 is 24.0 Å². The smallest absolute Gasteiger partial charge is 0.359 e. The number of benzene rings is 3. The number of nitrogens with zero attached hydrogens (tertiary/aromatic N) is 1. The zero-order chi connectivity index (χ0) is 22.5. The van der Waals surface area contributed by atoms with Crippen LogP contribution in [0.5, 0.6) is 0 Å². The number of halogens is 1. The fourth-order valence-electron chi connectivity index (χ4n) is 2.94. The highest BCUT2D eigenvalue weighted by Crippen LogP contribution is 2.33. The first-order valence-corrected chi connectivity index (χ1v) is 10.7. The number of amides is 1. The molecule has 0 radical (unpaired) electrons. The molecule has 0 aliphatic rings. The van der Waals surface area contributed by atoms with E-state index in [-0.39, 0.29) is 5.69 Å². The van der Waals surface area contributed by atoms with Gasteiger partial charge in [0.15, 0.2) is 12.3 Å². The molecule has 7 nitrogen and oxygen atoms in total. The third kappa shape index (κ3) is 4.99. The normalized spacial score (nSPS) is 10.7.